The fourth-order valence-electron chi connectivity index (χ4n) is 2.39. The van der Waals surface area contributed by atoms with Crippen LogP contribution in [-0.4, -0.2) is 35.2 Å². The Hall–Kier alpha value is -0.0800. The smallest absolute Gasteiger partial charge is 0.0695 e. The molecule has 0 aromatic carbocycles. The lowest BCUT2D eigenvalue weighted by molar-refractivity contribution is 0.0496. The fraction of sp³-hybridized carbons (Fsp3) is 1.00. The van der Waals surface area contributed by atoms with Crippen LogP contribution in [0, 0.1) is 0 Å². The first kappa shape index (κ1) is 11.0. The molecular weight excluding hydrogens is 162 g/mol. The van der Waals surface area contributed by atoms with Crippen molar-refractivity contribution in [1.82, 2.24) is 4.90 Å². The highest BCUT2D eigenvalue weighted by molar-refractivity contribution is 4.80. The number of likely N-dealkylation sites (N-methyl/N-ethyl adjacent to an activating group) is 1. The summed E-state index contributed by atoms with van der Waals surface area (Å²) in [6, 6.07) is 0.428. The Morgan fingerprint density at radius 2 is 1.69 bits per heavy atom. The quantitative estimate of drug-likeness (QED) is 0.680. The lowest BCUT2D eigenvalue weighted by Crippen LogP contribution is -2.42. The summed E-state index contributed by atoms with van der Waals surface area (Å²) in [6.07, 6.45) is 5.90. The molecule has 1 rings (SSSR count). The molecule has 1 fully saturated rings. The third-order valence-electron chi connectivity index (χ3n) is 3.23. The van der Waals surface area contributed by atoms with Gasteiger partial charge in [0, 0.05) is 6.04 Å². The van der Waals surface area contributed by atoms with Gasteiger partial charge in [0.1, 0.15) is 0 Å². The van der Waals surface area contributed by atoms with Crippen molar-refractivity contribution in [2.45, 2.75) is 58.1 Å². The third kappa shape index (κ3) is 2.96. The van der Waals surface area contributed by atoms with E-state index in [9.17, 15) is 5.11 Å². The maximum Gasteiger partial charge on any atom is 0.0695 e. The Kier molecular flexibility index (Phi) is 4.74. The largest absolute Gasteiger partial charge is 0.391 e. The van der Waals surface area contributed by atoms with Gasteiger partial charge in [-0.25, -0.2) is 0 Å². The van der Waals surface area contributed by atoms with Gasteiger partial charge >= 0.3 is 0 Å². The van der Waals surface area contributed by atoms with Crippen molar-refractivity contribution in [2.24, 2.45) is 0 Å². The Morgan fingerprint density at radius 1 is 1.08 bits per heavy atom. The number of hydrogen-bond donors (Lipinski definition) is 1. The molecule has 0 aromatic heterocycles. The van der Waals surface area contributed by atoms with Crippen LogP contribution in [0.15, 0.2) is 0 Å². The molecule has 2 nitrogen and oxygen atoms in total. The Labute approximate surface area is 81.9 Å². The highest BCUT2D eigenvalue weighted by Gasteiger charge is 2.25. The van der Waals surface area contributed by atoms with E-state index in [1.54, 1.807) is 0 Å². The highest BCUT2D eigenvalue weighted by Crippen LogP contribution is 2.22. The Balaban J connectivity index is 2.51. The fourth-order valence-corrected chi connectivity index (χ4v) is 2.39. The van der Waals surface area contributed by atoms with Crippen LogP contribution >= 0.6 is 0 Å². The first-order valence-corrected chi connectivity index (χ1v) is 5.71. The summed E-state index contributed by atoms with van der Waals surface area (Å²) in [7, 11) is 0. The number of rotatable bonds is 3. The van der Waals surface area contributed by atoms with E-state index in [4.69, 9.17) is 0 Å². The summed E-state index contributed by atoms with van der Waals surface area (Å²) in [5.74, 6) is 0. The van der Waals surface area contributed by atoms with Gasteiger partial charge in [0.2, 0.25) is 0 Å². The van der Waals surface area contributed by atoms with Gasteiger partial charge in [0.15, 0.2) is 0 Å². The van der Waals surface area contributed by atoms with Crippen molar-refractivity contribution < 1.29 is 5.11 Å². The van der Waals surface area contributed by atoms with Gasteiger partial charge < -0.3 is 5.11 Å². The summed E-state index contributed by atoms with van der Waals surface area (Å²) in [5.41, 5.74) is 0. The van der Waals surface area contributed by atoms with E-state index in [1.807, 2.05) is 0 Å². The van der Waals surface area contributed by atoms with Crippen molar-refractivity contribution in [3.05, 3.63) is 0 Å². The van der Waals surface area contributed by atoms with E-state index >= 15 is 0 Å². The molecule has 0 bridgehead atoms. The van der Waals surface area contributed by atoms with Crippen LogP contribution in [0.5, 0.6) is 0 Å². The molecule has 0 aliphatic heterocycles. The molecule has 0 aromatic rings. The van der Waals surface area contributed by atoms with Crippen LogP contribution in [0.25, 0.3) is 0 Å². The molecule has 78 valence electrons. The van der Waals surface area contributed by atoms with E-state index in [1.165, 1.54) is 25.7 Å². The summed E-state index contributed by atoms with van der Waals surface area (Å²) in [6.45, 7) is 6.50. The Bertz CT molecular complexity index is 134. The SMILES string of the molecule is CCN(CC)[C@@H]1CCCCC[C@H]1O. The second kappa shape index (κ2) is 5.61. The standard InChI is InChI=1S/C11H23NO/c1-3-12(4-2)10-8-6-5-7-9-11(10)13/h10-11,13H,3-9H2,1-2H3/t10-,11-/m1/s1. The van der Waals surface area contributed by atoms with Crippen LogP contribution < -0.4 is 0 Å². The molecule has 0 unspecified atom stereocenters. The maximum absolute atomic E-state index is 9.94. The van der Waals surface area contributed by atoms with Gasteiger partial charge in [-0.2, -0.15) is 0 Å². The van der Waals surface area contributed by atoms with Gasteiger partial charge in [0.25, 0.3) is 0 Å². The number of aliphatic hydroxyl groups excluding tert-OH is 1. The van der Waals surface area contributed by atoms with Crippen LogP contribution in [0.3, 0.4) is 0 Å². The zero-order valence-corrected chi connectivity index (χ0v) is 9.00. The minimum Gasteiger partial charge on any atom is -0.391 e. The summed E-state index contributed by atoms with van der Waals surface area (Å²) in [4.78, 5) is 2.40. The molecule has 0 spiro atoms. The van der Waals surface area contributed by atoms with E-state index in [2.05, 4.69) is 18.7 Å². The van der Waals surface area contributed by atoms with E-state index in [-0.39, 0.29) is 6.10 Å². The molecule has 1 N–H and O–H groups in total. The minimum absolute atomic E-state index is 0.0811. The monoisotopic (exact) mass is 185 g/mol. The first-order chi connectivity index (χ1) is 6.29. The van der Waals surface area contributed by atoms with Gasteiger partial charge in [-0.15, -0.1) is 0 Å². The van der Waals surface area contributed by atoms with E-state index in [0.717, 1.165) is 19.5 Å². The molecule has 0 saturated heterocycles. The van der Waals surface area contributed by atoms with Gasteiger partial charge in [-0.1, -0.05) is 33.1 Å². The highest BCUT2D eigenvalue weighted by atomic mass is 16.3. The number of hydrogen-bond acceptors (Lipinski definition) is 2. The second-order valence-corrected chi connectivity index (χ2v) is 3.99. The number of nitrogens with zero attached hydrogens (tertiary/aromatic N) is 1. The van der Waals surface area contributed by atoms with E-state index < -0.39 is 0 Å². The predicted octanol–water partition coefficient (Wildman–Crippen LogP) is 2.02. The predicted molar refractivity (Wildman–Crippen MR) is 55.8 cm³/mol. The molecule has 2 heteroatoms. The molecule has 1 aliphatic carbocycles. The van der Waals surface area contributed by atoms with Crippen molar-refractivity contribution in [3.8, 4) is 0 Å². The lowest BCUT2D eigenvalue weighted by Gasteiger charge is -2.32. The second-order valence-electron chi connectivity index (χ2n) is 3.99. The Morgan fingerprint density at radius 3 is 2.31 bits per heavy atom. The van der Waals surface area contributed by atoms with Crippen LogP contribution in [-0.2, 0) is 0 Å². The maximum atomic E-state index is 9.94. The summed E-state index contributed by atoms with van der Waals surface area (Å²) in [5, 5.41) is 9.94. The summed E-state index contributed by atoms with van der Waals surface area (Å²) < 4.78 is 0. The lowest BCUT2D eigenvalue weighted by atomic mass is 10.0. The molecule has 0 amide bonds. The third-order valence-corrected chi connectivity index (χ3v) is 3.23. The molecule has 2 atom stereocenters. The first-order valence-electron chi connectivity index (χ1n) is 5.71. The van der Waals surface area contributed by atoms with Crippen LogP contribution in [0.1, 0.15) is 46.0 Å². The topological polar surface area (TPSA) is 23.5 Å². The molecule has 0 heterocycles. The van der Waals surface area contributed by atoms with Gasteiger partial charge in [-0.05, 0) is 25.9 Å². The van der Waals surface area contributed by atoms with Crippen molar-refractivity contribution in [3.63, 3.8) is 0 Å². The molecule has 1 saturated carbocycles. The summed E-state index contributed by atoms with van der Waals surface area (Å²) >= 11 is 0. The van der Waals surface area contributed by atoms with Crippen molar-refractivity contribution in [2.75, 3.05) is 13.1 Å². The minimum atomic E-state index is -0.0811. The molecule has 0 radical (unpaired) electrons. The van der Waals surface area contributed by atoms with Gasteiger partial charge in [0.05, 0.1) is 6.10 Å². The zero-order valence-electron chi connectivity index (χ0n) is 9.00. The average molecular weight is 185 g/mol. The van der Waals surface area contributed by atoms with Crippen LogP contribution in [0.2, 0.25) is 0 Å². The van der Waals surface area contributed by atoms with Crippen molar-refractivity contribution in [1.29, 1.82) is 0 Å². The molecule has 13 heavy (non-hydrogen) atoms. The molecule has 1 aliphatic rings. The van der Waals surface area contributed by atoms with Crippen molar-refractivity contribution >= 4 is 0 Å². The van der Waals surface area contributed by atoms with Gasteiger partial charge in [-0.3, -0.25) is 4.90 Å². The zero-order chi connectivity index (χ0) is 9.68. The number of aliphatic hydroxyl groups is 1. The average Bonchev–Trinajstić information content (AvgIpc) is 2.34. The van der Waals surface area contributed by atoms with Crippen LogP contribution in [0.4, 0.5) is 0 Å². The normalized spacial score (nSPS) is 30.5. The molecular formula is C11H23NO. The van der Waals surface area contributed by atoms with E-state index in [0.29, 0.717) is 6.04 Å².